The first-order chi connectivity index (χ1) is 7.33. The highest BCUT2D eigenvalue weighted by molar-refractivity contribution is 5.15. The Morgan fingerprint density at radius 3 is 2.19 bits per heavy atom. The Morgan fingerprint density at radius 1 is 1.19 bits per heavy atom. The van der Waals surface area contributed by atoms with Gasteiger partial charge in [-0.15, -0.1) is 0 Å². The molecule has 0 aliphatic rings. The SMILES string of the molecule is CCC(N)(CC)c1nccc(C(C)(C)C)n1. The Bertz CT molecular complexity index is 348. The lowest BCUT2D eigenvalue weighted by atomic mass is 9.90. The molecule has 0 bridgehead atoms. The fourth-order valence-electron chi connectivity index (χ4n) is 1.58. The lowest BCUT2D eigenvalue weighted by Crippen LogP contribution is -2.37. The molecule has 0 atom stereocenters. The van der Waals surface area contributed by atoms with Gasteiger partial charge in [0.15, 0.2) is 0 Å². The van der Waals surface area contributed by atoms with Gasteiger partial charge in [0.2, 0.25) is 0 Å². The predicted molar refractivity (Wildman–Crippen MR) is 67.2 cm³/mol. The first-order valence-corrected chi connectivity index (χ1v) is 5.96. The van der Waals surface area contributed by atoms with Crippen LogP contribution in [0.1, 0.15) is 59.0 Å². The van der Waals surface area contributed by atoms with E-state index in [4.69, 9.17) is 5.73 Å². The van der Waals surface area contributed by atoms with Crippen LogP contribution >= 0.6 is 0 Å². The Kier molecular flexibility index (Phi) is 3.68. The van der Waals surface area contributed by atoms with Gasteiger partial charge in [-0.2, -0.15) is 0 Å². The molecule has 0 saturated carbocycles. The molecular formula is C13H23N3. The van der Waals surface area contributed by atoms with E-state index in [-0.39, 0.29) is 11.0 Å². The third kappa shape index (κ3) is 2.59. The molecule has 0 aromatic carbocycles. The van der Waals surface area contributed by atoms with Crippen molar-refractivity contribution in [3.63, 3.8) is 0 Å². The molecule has 0 fully saturated rings. The van der Waals surface area contributed by atoms with E-state index in [1.165, 1.54) is 0 Å². The van der Waals surface area contributed by atoms with Crippen LogP contribution in [0.25, 0.3) is 0 Å². The zero-order valence-corrected chi connectivity index (χ0v) is 11.0. The highest BCUT2D eigenvalue weighted by Crippen LogP contribution is 2.25. The van der Waals surface area contributed by atoms with Crippen LogP contribution in [0.2, 0.25) is 0 Å². The summed E-state index contributed by atoms with van der Waals surface area (Å²) in [5, 5.41) is 0. The van der Waals surface area contributed by atoms with E-state index in [1.807, 2.05) is 12.3 Å². The summed E-state index contributed by atoms with van der Waals surface area (Å²) in [6.07, 6.45) is 3.53. The van der Waals surface area contributed by atoms with Crippen LogP contribution in [0.4, 0.5) is 0 Å². The normalized spacial score (nSPS) is 12.9. The van der Waals surface area contributed by atoms with E-state index >= 15 is 0 Å². The summed E-state index contributed by atoms with van der Waals surface area (Å²) in [5.41, 5.74) is 7.01. The first-order valence-electron chi connectivity index (χ1n) is 5.96. The Morgan fingerprint density at radius 2 is 1.75 bits per heavy atom. The number of hydrogen-bond acceptors (Lipinski definition) is 3. The molecular weight excluding hydrogens is 198 g/mol. The van der Waals surface area contributed by atoms with E-state index in [2.05, 4.69) is 44.6 Å². The van der Waals surface area contributed by atoms with Gasteiger partial charge in [0.25, 0.3) is 0 Å². The Balaban J connectivity index is 3.17. The van der Waals surface area contributed by atoms with Gasteiger partial charge in [0.05, 0.1) is 5.54 Å². The highest BCUT2D eigenvalue weighted by Gasteiger charge is 2.27. The van der Waals surface area contributed by atoms with Crippen molar-refractivity contribution in [1.29, 1.82) is 0 Å². The topological polar surface area (TPSA) is 51.8 Å². The minimum absolute atomic E-state index is 0.0417. The molecule has 90 valence electrons. The van der Waals surface area contributed by atoms with Crippen molar-refractivity contribution in [2.24, 2.45) is 5.73 Å². The van der Waals surface area contributed by atoms with Gasteiger partial charge in [-0.1, -0.05) is 34.6 Å². The van der Waals surface area contributed by atoms with Crippen LogP contribution in [0.15, 0.2) is 12.3 Å². The van der Waals surface area contributed by atoms with Gasteiger partial charge >= 0.3 is 0 Å². The van der Waals surface area contributed by atoms with Crippen molar-refractivity contribution in [1.82, 2.24) is 9.97 Å². The summed E-state index contributed by atoms with van der Waals surface area (Å²) in [6, 6.07) is 1.97. The number of hydrogen-bond donors (Lipinski definition) is 1. The second-order valence-corrected chi connectivity index (χ2v) is 5.38. The second-order valence-electron chi connectivity index (χ2n) is 5.38. The van der Waals surface area contributed by atoms with Crippen molar-refractivity contribution >= 4 is 0 Å². The quantitative estimate of drug-likeness (QED) is 0.854. The van der Waals surface area contributed by atoms with E-state index in [0.717, 1.165) is 24.4 Å². The summed E-state index contributed by atoms with van der Waals surface area (Å²) in [4.78, 5) is 8.95. The van der Waals surface area contributed by atoms with Crippen molar-refractivity contribution in [3.8, 4) is 0 Å². The predicted octanol–water partition coefficient (Wildman–Crippen LogP) is 2.75. The smallest absolute Gasteiger partial charge is 0.148 e. The molecule has 0 amide bonds. The standard InChI is InChI=1S/C13H23N3/c1-6-13(14,7-2)11-15-9-8-10(16-11)12(3,4)5/h8-9H,6-7,14H2,1-5H3. The summed E-state index contributed by atoms with van der Waals surface area (Å²) in [6.45, 7) is 10.6. The summed E-state index contributed by atoms with van der Waals surface area (Å²) < 4.78 is 0. The van der Waals surface area contributed by atoms with Crippen LogP contribution in [-0.2, 0) is 11.0 Å². The zero-order valence-electron chi connectivity index (χ0n) is 11.0. The summed E-state index contributed by atoms with van der Waals surface area (Å²) >= 11 is 0. The van der Waals surface area contributed by atoms with Gasteiger partial charge in [-0.05, 0) is 18.9 Å². The van der Waals surface area contributed by atoms with Crippen LogP contribution in [0.5, 0.6) is 0 Å². The lowest BCUT2D eigenvalue weighted by molar-refractivity contribution is 0.382. The van der Waals surface area contributed by atoms with Gasteiger partial charge in [0.1, 0.15) is 5.82 Å². The van der Waals surface area contributed by atoms with E-state index in [9.17, 15) is 0 Å². The number of nitrogens with two attached hydrogens (primary N) is 1. The van der Waals surface area contributed by atoms with E-state index in [1.54, 1.807) is 0 Å². The molecule has 2 N–H and O–H groups in total. The third-order valence-corrected chi connectivity index (χ3v) is 3.13. The van der Waals surface area contributed by atoms with Crippen molar-refractivity contribution in [3.05, 3.63) is 23.8 Å². The fraction of sp³-hybridized carbons (Fsp3) is 0.692. The van der Waals surface area contributed by atoms with Gasteiger partial charge in [-0.3, -0.25) is 0 Å². The van der Waals surface area contributed by atoms with Gasteiger partial charge < -0.3 is 5.73 Å². The number of aromatic nitrogens is 2. The van der Waals surface area contributed by atoms with Gasteiger partial charge in [-0.25, -0.2) is 9.97 Å². The molecule has 1 aromatic heterocycles. The van der Waals surface area contributed by atoms with Crippen molar-refractivity contribution in [2.75, 3.05) is 0 Å². The van der Waals surface area contributed by atoms with Crippen LogP contribution in [0.3, 0.4) is 0 Å². The fourth-order valence-corrected chi connectivity index (χ4v) is 1.58. The molecule has 16 heavy (non-hydrogen) atoms. The van der Waals surface area contributed by atoms with Crippen molar-refractivity contribution < 1.29 is 0 Å². The molecule has 0 unspecified atom stereocenters. The van der Waals surface area contributed by atoms with Crippen LogP contribution in [0, 0.1) is 0 Å². The highest BCUT2D eigenvalue weighted by atomic mass is 15.0. The maximum atomic E-state index is 6.31. The Hall–Kier alpha value is -0.960. The summed E-state index contributed by atoms with van der Waals surface area (Å²) in [5.74, 6) is 0.768. The number of nitrogens with zero attached hydrogens (tertiary/aromatic N) is 2. The monoisotopic (exact) mass is 221 g/mol. The summed E-state index contributed by atoms with van der Waals surface area (Å²) in [7, 11) is 0. The maximum absolute atomic E-state index is 6.31. The van der Waals surface area contributed by atoms with E-state index < -0.39 is 0 Å². The molecule has 3 heteroatoms. The zero-order chi connectivity index (χ0) is 12.4. The van der Waals surface area contributed by atoms with E-state index in [0.29, 0.717) is 0 Å². The average Bonchev–Trinajstić information content (AvgIpc) is 2.27. The lowest BCUT2D eigenvalue weighted by Gasteiger charge is -2.26. The molecule has 3 nitrogen and oxygen atoms in total. The van der Waals surface area contributed by atoms with Crippen LogP contribution < -0.4 is 5.73 Å². The van der Waals surface area contributed by atoms with Gasteiger partial charge in [0, 0.05) is 17.3 Å². The molecule has 0 radical (unpaired) electrons. The third-order valence-electron chi connectivity index (χ3n) is 3.13. The Labute approximate surface area is 98.5 Å². The maximum Gasteiger partial charge on any atom is 0.148 e. The van der Waals surface area contributed by atoms with Crippen LogP contribution in [-0.4, -0.2) is 9.97 Å². The molecule has 1 aromatic rings. The molecule has 1 rings (SSSR count). The van der Waals surface area contributed by atoms with Crippen molar-refractivity contribution in [2.45, 2.75) is 58.4 Å². The minimum Gasteiger partial charge on any atom is -0.319 e. The molecule has 0 aliphatic heterocycles. The molecule has 1 heterocycles. The largest absolute Gasteiger partial charge is 0.319 e. The minimum atomic E-state index is -0.388. The molecule has 0 aliphatic carbocycles. The molecule has 0 saturated heterocycles. The average molecular weight is 221 g/mol. The second kappa shape index (κ2) is 4.50. The first kappa shape index (κ1) is 13.1. The molecule has 0 spiro atoms. The number of rotatable bonds is 3.